The Hall–Kier alpha value is -4.62. The number of carbonyl (C=O) groups is 2. The fourth-order valence-electron chi connectivity index (χ4n) is 5.73. The standard InChI is InChI=1S/C33H28BrN3O6/c1-3-42-30-16-23(13-26(34)33(30)43-18-29(39)21-10-7-11-24(12-21)37(40)41)31-25(17-35)19(2)36-27-14-22(15-28(38)32(27)31)20-8-5-4-6-9-20/h4-13,16,22,25,31H,3,14-15,18H2,1-2H3. The largest absolute Gasteiger partial charge is 0.490 e. The average Bonchev–Trinajstić information content (AvgIpc) is 3.00. The number of non-ortho nitro benzene ring substituents is 1. The number of carbonyl (C=O) groups excluding carboxylic acids is 2. The van der Waals surface area contributed by atoms with E-state index in [1.165, 1.54) is 24.3 Å². The van der Waals surface area contributed by atoms with Crippen molar-refractivity contribution >= 4 is 38.9 Å². The van der Waals surface area contributed by atoms with Crippen molar-refractivity contribution in [2.45, 2.75) is 38.5 Å². The fraction of sp³-hybridized carbons (Fsp3) is 0.273. The van der Waals surface area contributed by atoms with E-state index in [1.54, 1.807) is 12.1 Å². The molecule has 0 radical (unpaired) electrons. The summed E-state index contributed by atoms with van der Waals surface area (Å²) in [5, 5.41) is 21.3. The minimum atomic E-state index is -0.653. The van der Waals surface area contributed by atoms with E-state index in [0.29, 0.717) is 52.2 Å². The lowest BCUT2D eigenvalue weighted by atomic mass is 9.69. The minimum absolute atomic E-state index is 0.00775. The summed E-state index contributed by atoms with van der Waals surface area (Å²) < 4.78 is 12.3. The summed E-state index contributed by atoms with van der Waals surface area (Å²) in [5.41, 5.74) is 3.63. The zero-order valence-electron chi connectivity index (χ0n) is 23.6. The van der Waals surface area contributed by atoms with E-state index in [4.69, 9.17) is 14.5 Å². The molecule has 0 aromatic heterocycles. The molecule has 43 heavy (non-hydrogen) atoms. The van der Waals surface area contributed by atoms with Crippen molar-refractivity contribution in [2.75, 3.05) is 13.2 Å². The van der Waals surface area contributed by atoms with E-state index in [1.807, 2.05) is 44.2 Å². The van der Waals surface area contributed by atoms with Gasteiger partial charge < -0.3 is 9.47 Å². The highest BCUT2D eigenvalue weighted by Crippen LogP contribution is 2.49. The molecule has 1 aliphatic carbocycles. The molecular formula is C33H28BrN3O6. The molecule has 3 aromatic rings. The third kappa shape index (κ3) is 6.13. The Morgan fingerprint density at radius 2 is 1.86 bits per heavy atom. The molecule has 1 aliphatic heterocycles. The minimum Gasteiger partial charge on any atom is -0.490 e. The molecule has 3 unspecified atom stereocenters. The number of nitro groups is 1. The zero-order valence-corrected chi connectivity index (χ0v) is 25.2. The van der Waals surface area contributed by atoms with Crippen molar-refractivity contribution in [1.29, 1.82) is 5.26 Å². The van der Waals surface area contributed by atoms with Gasteiger partial charge in [-0.3, -0.25) is 24.7 Å². The quantitative estimate of drug-likeness (QED) is 0.138. The van der Waals surface area contributed by atoms with Crippen LogP contribution in [0.2, 0.25) is 0 Å². The van der Waals surface area contributed by atoms with Gasteiger partial charge in [-0.25, -0.2) is 0 Å². The summed E-state index contributed by atoms with van der Waals surface area (Å²) >= 11 is 3.55. The zero-order chi connectivity index (χ0) is 30.7. The molecule has 0 spiro atoms. The van der Waals surface area contributed by atoms with Gasteiger partial charge in [-0.1, -0.05) is 42.5 Å². The number of aliphatic imine (C=N–C) groups is 1. The number of hydrogen-bond acceptors (Lipinski definition) is 8. The van der Waals surface area contributed by atoms with Crippen LogP contribution in [0.3, 0.4) is 0 Å². The monoisotopic (exact) mass is 641 g/mol. The maximum atomic E-state index is 13.7. The second kappa shape index (κ2) is 12.7. The summed E-state index contributed by atoms with van der Waals surface area (Å²) in [6, 6.07) is 21.2. The summed E-state index contributed by atoms with van der Waals surface area (Å²) in [6.45, 7) is 3.54. The molecule has 10 heteroatoms. The van der Waals surface area contributed by atoms with E-state index < -0.39 is 22.5 Å². The smallest absolute Gasteiger partial charge is 0.270 e. The van der Waals surface area contributed by atoms with Gasteiger partial charge in [0.05, 0.1) is 28.0 Å². The summed E-state index contributed by atoms with van der Waals surface area (Å²) in [5.74, 6) is -1.07. The molecule has 9 nitrogen and oxygen atoms in total. The van der Waals surface area contributed by atoms with Crippen LogP contribution in [0.4, 0.5) is 5.69 Å². The van der Waals surface area contributed by atoms with E-state index >= 15 is 0 Å². The highest BCUT2D eigenvalue weighted by molar-refractivity contribution is 9.10. The molecule has 3 aromatic carbocycles. The third-order valence-corrected chi connectivity index (χ3v) is 8.31. The molecule has 218 valence electrons. The SMILES string of the molecule is CCOc1cc(C2C3=C(CC(c4ccccc4)CC3=O)N=C(C)C2C#N)cc(Br)c1OCC(=O)c1cccc([N+](=O)[O-])c1. The van der Waals surface area contributed by atoms with Crippen LogP contribution in [0.1, 0.15) is 60.0 Å². The van der Waals surface area contributed by atoms with Crippen LogP contribution in [-0.4, -0.2) is 35.4 Å². The van der Waals surface area contributed by atoms with Crippen LogP contribution in [-0.2, 0) is 4.79 Å². The predicted octanol–water partition coefficient (Wildman–Crippen LogP) is 7.12. The van der Waals surface area contributed by atoms with Crippen molar-refractivity contribution in [3.8, 4) is 17.6 Å². The Morgan fingerprint density at radius 3 is 2.56 bits per heavy atom. The van der Waals surface area contributed by atoms with Gasteiger partial charge in [0.25, 0.3) is 5.69 Å². The van der Waals surface area contributed by atoms with Crippen molar-refractivity contribution < 1.29 is 24.0 Å². The number of ketones is 2. The Balaban J connectivity index is 1.48. The van der Waals surface area contributed by atoms with E-state index in [9.17, 15) is 25.0 Å². The first kappa shape index (κ1) is 29.9. The van der Waals surface area contributed by atoms with Crippen LogP contribution in [0.25, 0.3) is 0 Å². The molecule has 2 aliphatic rings. The Labute approximate surface area is 257 Å². The second-order valence-electron chi connectivity index (χ2n) is 10.4. The number of ether oxygens (including phenoxy) is 2. The highest BCUT2D eigenvalue weighted by Gasteiger charge is 2.42. The van der Waals surface area contributed by atoms with E-state index in [0.717, 1.165) is 5.56 Å². The highest BCUT2D eigenvalue weighted by atomic mass is 79.9. The van der Waals surface area contributed by atoms with Crippen LogP contribution >= 0.6 is 15.9 Å². The van der Waals surface area contributed by atoms with Crippen molar-refractivity contribution in [3.05, 3.63) is 109 Å². The van der Waals surface area contributed by atoms with Crippen molar-refractivity contribution in [3.63, 3.8) is 0 Å². The molecule has 3 atom stereocenters. The molecule has 0 fully saturated rings. The molecule has 0 bridgehead atoms. The first-order valence-corrected chi connectivity index (χ1v) is 14.6. The third-order valence-electron chi connectivity index (χ3n) is 7.72. The van der Waals surface area contributed by atoms with Crippen molar-refractivity contribution in [1.82, 2.24) is 0 Å². The maximum absolute atomic E-state index is 13.7. The molecule has 0 saturated heterocycles. The van der Waals surface area contributed by atoms with Gasteiger partial charge in [-0.15, -0.1) is 0 Å². The number of Topliss-reactive ketones (excluding diaryl/α,β-unsaturated/α-hetero) is 2. The number of nitro benzene ring substituents is 1. The normalized spacial score (nSPS) is 19.6. The number of rotatable bonds is 9. The molecule has 5 rings (SSSR count). The first-order chi connectivity index (χ1) is 20.7. The topological polar surface area (TPSA) is 132 Å². The number of nitrogens with zero attached hydrogens (tertiary/aromatic N) is 3. The van der Waals surface area contributed by atoms with Gasteiger partial charge in [0.2, 0.25) is 0 Å². The number of allylic oxidation sites excluding steroid dienone is 2. The lowest BCUT2D eigenvalue weighted by molar-refractivity contribution is -0.384. The summed E-state index contributed by atoms with van der Waals surface area (Å²) in [6.07, 6.45) is 0.921. The molecule has 0 saturated carbocycles. The van der Waals surface area contributed by atoms with Gasteiger partial charge in [-0.2, -0.15) is 5.26 Å². The first-order valence-electron chi connectivity index (χ1n) is 13.8. The van der Waals surface area contributed by atoms with Crippen LogP contribution < -0.4 is 9.47 Å². The number of nitriles is 1. The molecule has 0 amide bonds. The van der Waals surface area contributed by atoms with Gasteiger partial charge in [0, 0.05) is 47.0 Å². The summed E-state index contributed by atoms with van der Waals surface area (Å²) in [4.78, 5) is 41.9. The summed E-state index contributed by atoms with van der Waals surface area (Å²) in [7, 11) is 0. The fourth-order valence-corrected chi connectivity index (χ4v) is 6.31. The number of halogens is 1. The molecule has 0 N–H and O–H groups in total. The van der Waals surface area contributed by atoms with Crippen LogP contribution in [0.5, 0.6) is 11.5 Å². The average molecular weight is 643 g/mol. The van der Waals surface area contributed by atoms with Crippen molar-refractivity contribution in [2.24, 2.45) is 10.9 Å². The van der Waals surface area contributed by atoms with Crippen LogP contribution in [0, 0.1) is 27.4 Å². The van der Waals surface area contributed by atoms with Gasteiger partial charge >= 0.3 is 0 Å². The predicted molar refractivity (Wildman–Crippen MR) is 164 cm³/mol. The number of benzene rings is 3. The van der Waals surface area contributed by atoms with Gasteiger partial charge in [-0.05, 0) is 65.4 Å². The van der Waals surface area contributed by atoms with E-state index in [2.05, 4.69) is 22.0 Å². The lowest BCUT2D eigenvalue weighted by Crippen LogP contribution is -2.32. The Kier molecular flexibility index (Phi) is 8.83. The van der Waals surface area contributed by atoms with Gasteiger partial charge in [0.15, 0.2) is 29.7 Å². The molecule has 1 heterocycles. The Bertz CT molecular complexity index is 1710. The second-order valence-corrected chi connectivity index (χ2v) is 11.3. The Morgan fingerprint density at radius 1 is 1.09 bits per heavy atom. The van der Waals surface area contributed by atoms with Crippen LogP contribution in [0.15, 0.2) is 87.5 Å². The maximum Gasteiger partial charge on any atom is 0.270 e. The lowest BCUT2D eigenvalue weighted by Gasteiger charge is -2.35. The molecular weight excluding hydrogens is 614 g/mol. The van der Waals surface area contributed by atoms with E-state index in [-0.39, 0.29) is 35.3 Å². The van der Waals surface area contributed by atoms with Gasteiger partial charge in [0.1, 0.15) is 0 Å². The number of hydrogen-bond donors (Lipinski definition) is 0.